The van der Waals surface area contributed by atoms with E-state index < -0.39 is 0 Å². The van der Waals surface area contributed by atoms with Crippen LogP contribution in [0.1, 0.15) is 0 Å². The van der Waals surface area contributed by atoms with Crippen LogP contribution in [0.4, 0.5) is 0 Å². The summed E-state index contributed by atoms with van der Waals surface area (Å²) in [5.41, 5.74) is 3.96. The third kappa shape index (κ3) is 3.08. The Kier molecular flexibility index (Phi) is 4.36. The molecule has 5 heteroatoms. The fourth-order valence-electron chi connectivity index (χ4n) is 6.03. The first kappa shape index (κ1) is 21.4. The van der Waals surface area contributed by atoms with E-state index in [0.717, 1.165) is 43.1 Å². The van der Waals surface area contributed by atoms with E-state index >= 15 is 0 Å². The second-order valence-corrected chi connectivity index (χ2v) is 11.7. The first-order valence-corrected chi connectivity index (χ1v) is 14.5. The highest BCUT2D eigenvalue weighted by molar-refractivity contribution is 7.13. The molecule has 3 heterocycles. The van der Waals surface area contributed by atoms with Gasteiger partial charge in [-0.2, -0.15) is 0 Å². The van der Waals surface area contributed by atoms with E-state index in [2.05, 4.69) is 94.9 Å². The van der Waals surface area contributed by atoms with Gasteiger partial charge >= 0.3 is 0 Å². The van der Waals surface area contributed by atoms with Gasteiger partial charge in [-0.25, -0.2) is 9.97 Å². The molecule has 9 aromatic rings. The summed E-state index contributed by atoms with van der Waals surface area (Å²) in [6.07, 6.45) is 3.74. The Morgan fingerprint density at radius 3 is 1.28 bits per heavy atom. The summed E-state index contributed by atoms with van der Waals surface area (Å²) in [5.74, 6) is 0. The van der Waals surface area contributed by atoms with Crippen LogP contribution in [-0.2, 0) is 0 Å². The quantitative estimate of drug-likeness (QED) is 0.207. The van der Waals surface area contributed by atoms with E-state index in [9.17, 15) is 0 Å². The molecule has 9 rings (SSSR count). The average Bonchev–Trinajstić information content (AvgIpc) is 3.75. The van der Waals surface area contributed by atoms with Gasteiger partial charge in [-0.05, 0) is 79.5 Å². The third-order valence-electron chi connectivity index (χ3n) is 7.73. The summed E-state index contributed by atoms with van der Waals surface area (Å²) in [5, 5.41) is 18.0. The van der Waals surface area contributed by atoms with E-state index in [-0.39, 0.29) is 0 Å². The highest BCUT2D eigenvalue weighted by Gasteiger charge is 2.21. The van der Waals surface area contributed by atoms with E-state index in [1.165, 1.54) is 43.1 Å². The van der Waals surface area contributed by atoms with Gasteiger partial charge in [-0.3, -0.25) is 0 Å². The molecule has 0 saturated carbocycles. The van der Waals surface area contributed by atoms with E-state index in [1.54, 1.807) is 22.7 Å². The second-order valence-electron chi connectivity index (χ2n) is 9.86. The molecule has 0 radical (unpaired) electrons. The topological polar surface area (TPSA) is 38.9 Å². The van der Waals surface area contributed by atoms with Crippen LogP contribution in [0.25, 0.3) is 86.2 Å². The summed E-state index contributed by atoms with van der Waals surface area (Å²) >= 11 is 3.31. The van der Waals surface area contributed by atoms with Crippen molar-refractivity contribution in [3.63, 3.8) is 0 Å². The van der Waals surface area contributed by atoms with Crippen LogP contribution in [0, 0.1) is 0 Å². The van der Waals surface area contributed by atoms with Gasteiger partial charge in [0.1, 0.15) is 21.2 Å². The molecule has 0 bridgehead atoms. The third-order valence-corrected chi connectivity index (χ3v) is 9.34. The smallest absolute Gasteiger partial charge is 0.136 e. The summed E-state index contributed by atoms with van der Waals surface area (Å²) in [7, 11) is 0. The molecule has 0 aliphatic heterocycles. The first-order valence-electron chi connectivity index (χ1n) is 12.8. The van der Waals surface area contributed by atoms with Crippen LogP contribution < -0.4 is 0 Å². The molecule has 0 unspecified atom stereocenters. The average molecular weight is 535 g/mol. The van der Waals surface area contributed by atoms with Crippen LogP contribution in [0.3, 0.4) is 0 Å². The monoisotopic (exact) mass is 534 g/mol. The zero-order chi connectivity index (χ0) is 25.5. The number of hydrogen-bond acceptors (Lipinski definition) is 5. The minimum Gasteiger partial charge on any atom is -0.456 e. The number of rotatable bonds is 2. The minimum atomic E-state index is 0.878. The standard InChI is InChI=1S/C34H18N2OS2/c1-3-7-21-15-25-23(13-19(21)5-1)27(33-35-9-11-38-33)17-29-31(25)32-26-16-22-8-4-2-6-20(22)14-24(26)28(18-30(32)37-29)34-36-10-12-39-34/h1-18H. The summed E-state index contributed by atoms with van der Waals surface area (Å²) < 4.78 is 6.72. The van der Waals surface area contributed by atoms with Crippen molar-refractivity contribution < 1.29 is 4.42 Å². The van der Waals surface area contributed by atoms with Crippen LogP contribution in [0.5, 0.6) is 0 Å². The van der Waals surface area contributed by atoms with Gasteiger partial charge in [0.2, 0.25) is 0 Å². The summed E-state index contributed by atoms with van der Waals surface area (Å²) in [6, 6.07) is 30.8. The van der Waals surface area contributed by atoms with E-state index in [1.807, 2.05) is 23.2 Å². The number of nitrogens with zero attached hydrogens (tertiary/aromatic N) is 2. The Hall–Kier alpha value is -4.58. The van der Waals surface area contributed by atoms with Crippen molar-refractivity contribution in [2.75, 3.05) is 0 Å². The minimum absolute atomic E-state index is 0.878. The van der Waals surface area contributed by atoms with Crippen LogP contribution in [0.2, 0.25) is 0 Å². The maximum atomic E-state index is 6.72. The van der Waals surface area contributed by atoms with Crippen molar-refractivity contribution in [2.45, 2.75) is 0 Å². The highest BCUT2D eigenvalue weighted by atomic mass is 32.1. The second kappa shape index (κ2) is 7.96. The lowest BCUT2D eigenvalue weighted by atomic mass is 9.92. The zero-order valence-electron chi connectivity index (χ0n) is 20.5. The molecule has 182 valence electrons. The maximum Gasteiger partial charge on any atom is 0.136 e. The molecule has 6 aromatic carbocycles. The molecule has 0 saturated heterocycles. The van der Waals surface area contributed by atoms with E-state index in [0.29, 0.717) is 0 Å². The largest absolute Gasteiger partial charge is 0.456 e. The lowest BCUT2D eigenvalue weighted by Gasteiger charge is -2.10. The molecule has 39 heavy (non-hydrogen) atoms. The van der Waals surface area contributed by atoms with Crippen molar-refractivity contribution in [1.29, 1.82) is 0 Å². The molecule has 0 aliphatic carbocycles. The predicted octanol–water partition coefficient (Wildman–Crippen LogP) is 10.4. The van der Waals surface area contributed by atoms with Gasteiger partial charge in [0.25, 0.3) is 0 Å². The number of furan rings is 1. The Balaban J connectivity index is 1.54. The van der Waals surface area contributed by atoms with Crippen molar-refractivity contribution >= 4 is 87.7 Å². The van der Waals surface area contributed by atoms with Gasteiger partial charge in [0.05, 0.1) is 0 Å². The Bertz CT molecular complexity index is 2220. The van der Waals surface area contributed by atoms with Crippen LogP contribution in [-0.4, -0.2) is 9.97 Å². The molecular weight excluding hydrogens is 517 g/mol. The SMILES string of the molecule is c1ccc2cc3c(cc2c1)c(-c1nccs1)cc1oc2cc(-c4nccs4)c4cc5ccccc5cc4c2c13. The Morgan fingerprint density at radius 1 is 0.487 bits per heavy atom. The van der Waals surface area contributed by atoms with Crippen molar-refractivity contribution in [1.82, 2.24) is 9.97 Å². The van der Waals surface area contributed by atoms with E-state index in [4.69, 9.17) is 4.42 Å². The number of thiazole rings is 2. The van der Waals surface area contributed by atoms with Gasteiger partial charge in [0, 0.05) is 45.1 Å². The molecule has 0 N–H and O–H groups in total. The Morgan fingerprint density at radius 2 is 0.897 bits per heavy atom. The van der Waals surface area contributed by atoms with Gasteiger partial charge in [-0.15, -0.1) is 22.7 Å². The normalized spacial score (nSPS) is 12.1. The number of benzene rings is 6. The molecule has 0 fully saturated rings. The highest BCUT2D eigenvalue weighted by Crippen LogP contribution is 2.46. The maximum absolute atomic E-state index is 6.72. The molecule has 3 nitrogen and oxygen atoms in total. The molecule has 3 aromatic heterocycles. The predicted molar refractivity (Wildman–Crippen MR) is 166 cm³/mol. The van der Waals surface area contributed by atoms with Crippen molar-refractivity contribution in [3.8, 4) is 21.1 Å². The zero-order valence-corrected chi connectivity index (χ0v) is 22.1. The lowest BCUT2D eigenvalue weighted by molar-refractivity contribution is 0.670. The summed E-state index contributed by atoms with van der Waals surface area (Å²) in [6.45, 7) is 0. The van der Waals surface area contributed by atoms with Crippen LogP contribution >= 0.6 is 22.7 Å². The fraction of sp³-hybridized carbons (Fsp3) is 0. The summed E-state index contributed by atoms with van der Waals surface area (Å²) in [4.78, 5) is 9.36. The van der Waals surface area contributed by atoms with Crippen molar-refractivity contribution in [3.05, 3.63) is 108 Å². The fourth-order valence-corrected chi connectivity index (χ4v) is 7.37. The van der Waals surface area contributed by atoms with Gasteiger partial charge < -0.3 is 4.42 Å². The number of fused-ring (bicyclic) bond motifs is 9. The molecule has 0 aliphatic rings. The molecule has 0 amide bonds. The molecule has 0 atom stereocenters. The Labute approximate surface area is 230 Å². The number of hydrogen-bond donors (Lipinski definition) is 0. The molecular formula is C34H18N2OS2. The lowest BCUT2D eigenvalue weighted by Crippen LogP contribution is -1.86. The number of aromatic nitrogens is 2. The van der Waals surface area contributed by atoms with Gasteiger partial charge in [0.15, 0.2) is 0 Å². The van der Waals surface area contributed by atoms with Crippen molar-refractivity contribution in [2.24, 2.45) is 0 Å². The first-order chi connectivity index (χ1) is 19.3. The van der Waals surface area contributed by atoms with Gasteiger partial charge in [-0.1, -0.05) is 48.5 Å². The van der Waals surface area contributed by atoms with Crippen LogP contribution in [0.15, 0.2) is 113 Å². The molecule has 0 spiro atoms.